The molecule has 2 aliphatic rings. The Bertz CT molecular complexity index is 768. The Hall–Kier alpha value is -2.17. The van der Waals surface area contributed by atoms with Gasteiger partial charge in [-0.2, -0.15) is 4.98 Å². The standard InChI is InChI=1S/C20H25N3O2/c1-13(2)19-21-18(22-25-19)17-11-6-12-23(17)20(24)16-10-5-8-14-7-3-4-9-15(14)16/h3-4,7,9,13,16-17H,5-6,8,10-12H2,1-2H3/t16-,17+/m1/s1. The van der Waals surface area contributed by atoms with Crippen LogP contribution in [0.25, 0.3) is 0 Å². The zero-order valence-corrected chi connectivity index (χ0v) is 14.9. The zero-order valence-electron chi connectivity index (χ0n) is 14.9. The monoisotopic (exact) mass is 339 g/mol. The number of fused-ring (bicyclic) bond motifs is 1. The van der Waals surface area contributed by atoms with E-state index in [1.54, 1.807) is 0 Å². The van der Waals surface area contributed by atoms with Crippen LogP contribution < -0.4 is 0 Å². The Morgan fingerprint density at radius 2 is 2.08 bits per heavy atom. The van der Waals surface area contributed by atoms with Gasteiger partial charge in [-0.1, -0.05) is 43.3 Å². The molecular weight excluding hydrogens is 314 g/mol. The Morgan fingerprint density at radius 1 is 1.24 bits per heavy atom. The topological polar surface area (TPSA) is 59.2 Å². The molecule has 1 amide bonds. The van der Waals surface area contributed by atoms with Gasteiger partial charge in [-0.25, -0.2) is 0 Å². The van der Waals surface area contributed by atoms with E-state index >= 15 is 0 Å². The summed E-state index contributed by atoms with van der Waals surface area (Å²) in [7, 11) is 0. The van der Waals surface area contributed by atoms with Crippen molar-refractivity contribution in [3.63, 3.8) is 0 Å². The second-order valence-electron chi connectivity index (χ2n) is 7.48. The largest absolute Gasteiger partial charge is 0.339 e. The summed E-state index contributed by atoms with van der Waals surface area (Å²) in [6.45, 7) is 4.86. The third kappa shape index (κ3) is 2.96. The van der Waals surface area contributed by atoms with Gasteiger partial charge >= 0.3 is 0 Å². The van der Waals surface area contributed by atoms with Crippen LogP contribution in [0.3, 0.4) is 0 Å². The van der Waals surface area contributed by atoms with Gasteiger partial charge in [0.1, 0.15) is 0 Å². The van der Waals surface area contributed by atoms with E-state index in [0.717, 1.165) is 38.6 Å². The van der Waals surface area contributed by atoms with Crippen molar-refractivity contribution in [1.29, 1.82) is 0 Å². The summed E-state index contributed by atoms with van der Waals surface area (Å²) >= 11 is 0. The molecule has 132 valence electrons. The molecule has 0 unspecified atom stereocenters. The number of hydrogen-bond donors (Lipinski definition) is 0. The van der Waals surface area contributed by atoms with E-state index in [1.165, 1.54) is 11.1 Å². The minimum Gasteiger partial charge on any atom is -0.339 e. The van der Waals surface area contributed by atoms with Crippen LogP contribution in [-0.2, 0) is 11.2 Å². The van der Waals surface area contributed by atoms with E-state index < -0.39 is 0 Å². The summed E-state index contributed by atoms with van der Waals surface area (Å²) in [6, 6.07) is 8.34. The molecule has 0 spiro atoms. The van der Waals surface area contributed by atoms with Crippen molar-refractivity contribution in [3.05, 3.63) is 47.1 Å². The minimum atomic E-state index is -0.0437. The first-order valence-corrected chi connectivity index (χ1v) is 9.37. The number of aromatic nitrogens is 2. The van der Waals surface area contributed by atoms with Crippen LogP contribution in [0.2, 0.25) is 0 Å². The van der Waals surface area contributed by atoms with Gasteiger partial charge < -0.3 is 9.42 Å². The molecule has 1 aromatic heterocycles. The number of likely N-dealkylation sites (tertiary alicyclic amines) is 1. The normalized spacial score (nSPS) is 23.1. The molecule has 1 aromatic carbocycles. The highest BCUT2D eigenvalue weighted by Gasteiger charge is 2.38. The third-order valence-corrected chi connectivity index (χ3v) is 5.45. The first-order valence-electron chi connectivity index (χ1n) is 9.37. The number of benzene rings is 1. The van der Waals surface area contributed by atoms with E-state index in [4.69, 9.17) is 4.52 Å². The number of hydrogen-bond acceptors (Lipinski definition) is 4. The number of carbonyl (C=O) groups is 1. The van der Waals surface area contributed by atoms with Crippen molar-refractivity contribution in [3.8, 4) is 0 Å². The van der Waals surface area contributed by atoms with Crippen molar-refractivity contribution < 1.29 is 9.32 Å². The fraction of sp³-hybridized carbons (Fsp3) is 0.550. The van der Waals surface area contributed by atoms with Gasteiger partial charge in [-0.15, -0.1) is 0 Å². The van der Waals surface area contributed by atoms with Crippen LogP contribution in [0.4, 0.5) is 0 Å². The SMILES string of the molecule is CC(C)c1nc([C@@H]2CCCN2C(=O)[C@@H]2CCCc3ccccc32)no1. The van der Waals surface area contributed by atoms with E-state index in [0.29, 0.717) is 11.7 Å². The molecule has 4 rings (SSSR count). The molecule has 0 bridgehead atoms. The molecule has 0 radical (unpaired) electrons. The highest BCUT2D eigenvalue weighted by Crippen LogP contribution is 2.38. The lowest BCUT2D eigenvalue weighted by atomic mass is 9.82. The molecular formula is C20H25N3O2. The lowest BCUT2D eigenvalue weighted by Crippen LogP contribution is -2.36. The number of aryl methyl sites for hydroxylation is 1. The maximum absolute atomic E-state index is 13.3. The van der Waals surface area contributed by atoms with Gasteiger partial charge in [0.25, 0.3) is 0 Å². The Morgan fingerprint density at radius 3 is 2.88 bits per heavy atom. The molecule has 1 saturated heterocycles. The van der Waals surface area contributed by atoms with Gasteiger partial charge in [0.15, 0.2) is 5.82 Å². The number of nitrogens with zero attached hydrogens (tertiary/aromatic N) is 3. The van der Waals surface area contributed by atoms with Crippen molar-refractivity contribution in [2.75, 3.05) is 6.54 Å². The highest BCUT2D eigenvalue weighted by atomic mass is 16.5. The smallest absolute Gasteiger partial charge is 0.230 e. The fourth-order valence-corrected chi connectivity index (χ4v) is 4.13. The molecule has 1 aliphatic carbocycles. The van der Waals surface area contributed by atoms with Crippen molar-refractivity contribution >= 4 is 5.91 Å². The Kier molecular flexibility index (Phi) is 4.32. The van der Waals surface area contributed by atoms with E-state index in [1.807, 2.05) is 24.8 Å². The molecule has 1 aliphatic heterocycles. The van der Waals surface area contributed by atoms with E-state index in [2.05, 4.69) is 28.3 Å². The molecule has 2 atom stereocenters. The molecule has 2 heterocycles. The van der Waals surface area contributed by atoms with Crippen LogP contribution in [0.1, 0.15) is 80.3 Å². The maximum atomic E-state index is 13.3. The maximum Gasteiger partial charge on any atom is 0.230 e. The van der Waals surface area contributed by atoms with Crippen molar-refractivity contribution in [2.45, 2.75) is 63.8 Å². The summed E-state index contributed by atoms with van der Waals surface area (Å²) in [5, 5.41) is 4.16. The van der Waals surface area contributed by atoms with E-state index in [-0.39, 0.29) is 23.8 Å². The molecule has 0 saturated carbocycles. The quantitative estimate of drug-likeness (QED) is 0.849. The van der Waals surface area contributed by atoms with Crippen LogP contribution in [0.15, 0.2) is 28.8 Å². The first kappa shape index (κ1) is 16.3. The van der Waals surface area contributed by atoms with Gasteiger partial charge in [-0.05, 0) is 43.2 Å². The van der Waals surface area contributed by atoms with Crippen LogP contribution in [-0.4, -0.2) is 27.5 Å². The summed E-state index contributed by atoms with van der Waals surface area (Å²) in [5.74, 6) is 1.72. The summed E-state index contributed by atoms with van der Waals surface area (Å²) in [5.41, 5.74) is 2.53. The van der Waals surface area contributed by atoms with Crippen molar-refractivity contribution in [1.82, 2.24) is 15.0 Å². The minimum absolute atomic E-state index is 0.0259. The van der Waals surface area contributed by atoms with Gasteiger partial charge in [0, 0.05) is 12.5 Å². The molecule has 5 heteroatoms. The Balaban J connectivity index is 1.59. The fourth-order valence-electron chi connectivity index (χ4n) is 4.13. The van der Waals surface area contributed by atoms with Crippen molar-refractivity contribution in [2.24, 2.45) is 0 Å². The predicted octanol–water partition coefficient (Wildman–Crippen LogP) is 3.98. The lowest BCUT2D eigenvalue weighted by Gasteiger charge is -2.31. The molecule has 2 aromatic rings. The second-order valence-corrected chi connectivity index (χ2v) is 7.48. The van der Waals surface area contributed by atoms with Gasteiger partial charge in [0.2, 0.25) is 11.8 Å². The molecule has 0 N–H and O–H groups in total. The number of amides is 1. The summed E-state index contributed by atoms with van der Waals surface area (Å²) in [4.78, 5) is 19.9. The molecule has 1 fully saturated rings. The summed E-state index contributed by atoms with van der Waals surface area (Å²) in [6.07, 6.45) is 4.99. The number of rotatable bonds is 3. The molecule has 25 heavy (non-hydrogen) atoms. The van der Waals surface area contributed by atoms with E-state index in [9.17, 15) is 4.79 Å². The molecule has 5 nitrogen and oxygen atoms in total. The third-order valence-electron chi connectivity index (χ3n) is 5.45. The average Bonchev–Trinajstić information content (AvgIpc) is 3.29. The van der Waals surface area contributed by atoms with Gasteiger partial charge in [-0.3, -0.25) is 4.79 Å². The predicted molar refractivity (Wildman–Crippen MR) is 94.2 cm³/mol. The Labute approximate surface area is 148 Å². The second kappa shape index (κ2) is 6.62. The van der Waals surface area contributed by atoms with Crippen LogP contribution in [0.5, 0.6) is 0 Å². The van der Waals surface area contributed by atoms with Crippen LogP contribution >= 0.6 is 0 Å². The van der Waals surface area contributed by atoms with Gasteiger partial charge in [0.05, 0.1) is 12.0 Å². The highest BCUT2D eigenvalue weighted by molar-refractivity contribution is 5.85. The number of carbonyl (C=O) groups excluding carboxylic acids is 1. The summed E-state index contributed by atoms with van der Waals surface area (Å²) < 4.78 is 5.37. The average molecular weight is 339 g/mol. The zero-order chi connectivity index (χ0) is 17.4. The van der Waals surface area contributed by atoms with Crippen LogP contribution in [0, 0.1) is 0 Å². The first-order chi connectivity index (χ1) is 12.1. The lowest BCUT2D eigenvalue weighted by molar-refractivity contribution is -0.134.